The molecule has 158 valence electrons. The molecule has 1 unspecified atom stereocenters. The molecule has 5 rings (SSSR count). The van der Waals surface area contributed by atoms with Crippen molar-refractivity contribution in [3.05, 3.63) is 71.6 Å². The van der Waals surface area contributed by atoms with Crippen LogP contribution in [0.1, 0.15) is 17.0 Å². The van der Waals surface area contributed by atoms with E-state index < -0.39 is 6.03 Å². The lowest BCUT2D eigenvalue weighted by Gasteiger charge is -2.37. The Morgan fingerprint density at radius 1 is 1.03 bits per heavy atom. The minimum Gasteiger partial charge on any atom is -0.497 e. The number of methoxy groups -OCH3 is 1. The monoisotopic (exact) mass is 420 g/mol. The van der Waals surface area contributed by atoms with E-state index in [4.69, 9.17) is 18.8 Å². The summed E-state index contributed by atoms with van der Waals surface area (Å²) in [6.45, 7) is 3.31. The van der Waals surface area contributed by atoms with Crippen LogP contribution in [-0.2, 0) is 14.4 Å². The quantitative estimate of drug-likeness (QED) is 0.640. The van der Waals surface area contributed by atoms with Crippen LogP contribution in [0, 0.1) is 13.8 Å². The molecule has 1 aromatic heterocycles. The highest BCUT2D eigenvalue weighted by Gasteiger charge is 2.62. The van der Waals surface area contributed by atoms with Crippen molar-refractivity contribution < 1.29 is 23.6 Å². The van der Waals surface area contributed by atoms with Crippen LogP contribution >= 0.6 is 0 Å². The van der Waals surface area contributed by atoms with E-state index >= 15 is 0 Å². The van der Waals surface area contributed by atoms with Gasteiger partial charge in [-0.1, -0.05) is 40.6 Å². The van der Waals surface area contributed by atoms with Gasteiger partial charge in [0.05, 0.1) is 12.8 Å². The molecule has 9 heteroatoms. The number of nitrogens with zero attached hydrogens (tertiary/aromatic N) is 4. The van der Waals surface area contributed by atoms with E-state index in [9.17, 15) is 4.79 Å². The molecule has 2 aliphatic rings. The van der Waals surface area contributed by atoms with Crippen molar-refractivity contribution in [1.29, 1.82) is 0 Å². The zero-order chi connectivity index (χ0) is 21.6. The topological polar surface area (TPSA) is 89.6 Å². The molecule has 0 N–H and O–H groups in total. The molecule has 3 aromatic rings. The molecule has 31 heavy (non-hydrogen) atoms. The van der Waals surface area contributed by atoms with Gasteiger partial charge in [0.15, 0.2) is 11.6 Å². The molecule has 2 aromatic carbocycles. The zero-order valence-electron chi connectivity index (χ0n) is 17.2. The number of hydrogen-bond acceptors (Lipinski definition) is 8. The second-order valence-corrected chi connectivity index (χ2v) is 7.14. The van der Waals surface area contributed by atoms with Gasteiger partial charge in [0, 0.05) is 5.56 Å². The number of carbonyl (C=O) groups excluding carboxylic acids is 1. The van der Waals surface area contributed by atoms with Gasteiger partial charge in [0.2, 0.25) is 0 Å². The highest BCUT2D eigenvalue weighted by Crippen LogP contribution is 2.44. The van der Waals surface area contributed by atoms with Crippen LogP contribution in [0.3, 0.4) is 0 Å². The summed E-state index contributed by atoms with van der Waals surface area (Å²) in [6.07, 6.45) is 0. The predicted octanol–water partition coefficient (Wildman–Crippen LogP) is 3.17. The van der Waals surface area contributed by atoms with Gasteiger partial charge in [-0.2, -0.15) is 0 Å². The van der Waals surface area contributed by atoms with E-state index in [0.717, 1.165) is 5.56 Å². The molecule has 1 atom stereocenters. The fourth-order valence-corrected chi connectivity index (χ4v) is 3.84. The number of carbonyl (C=O) groups is 1. The number of anilines is 2. The Morgan fingerprint density at radius 3 is 2.42 bits per heavy atom. The number of oxime groups is 1. The molecule has 0 saturated carbocycles. The normalized spacial score (nSPS) is 20.4. The lowest BCUT2D eigenvalue weighted by molar-refractivity contribution is -0.188. The summed E-state index contributed by atoms with van der Waals surface area (Å²) < 4.78 is 16.6. The Bertz CT molecular complexity index is 1140. The van der Waals surface area contributed by atoms with Gasteiger partial charge in [0.25, 0.3) is 5.91 Å². The average Bonchev–Trinajstić information content (AvgIpc) is 3.45. The van der Waals surface area contributed by atoms with Crippen molar-refractivity contribution in [3.63, 3.8) is 0 Å². The van der Waals surface area contributed by atoms with E-state index in [0.29, 0.717) is 34.4 Å². The van der Waals surface area contributed by atoms with E-state index in [1.165, 1.54) is 4.90 Å². The third-order valence-electron chi connectivity index (χ3n) is 5.24. The molecule has 0 bridgehead atoms. The number of amidine groups is 1. The van der Waals surface area contributed by atoms with E-state index in [1.807, 2.05) is 54.6 Å². The lowest BCUT2D eigenvalue weighted by atomic mass is 10.1. The molecule has 1 spiro atoms. The van der Waals surface area contributed by atoms with Crippen molar-refractivity contribution in [3.8, 4) is 5.75 Å². The molecule has 3 heterocycles. The number of aromatic nitrogens is 1. The zero-order valence-corrected chi connectivity index (χ0v) is 17.2. The van der Waals surface area contributed by atoms with E-state index in [1.54, 1.807) is 25.9 Å². The maximum absolute atomic E-state index is 13.0. The molecule has 0 aliphatic carbocycles. The number of rotatable bonds is 4. The molecule has 1 amide bonds. The summed E-state index contributed by atoms with van der Waals surface area (Å²) in [6, 6.07) is 15.2. The van der Waals surface area contributed by atoms with Gasteiger partial charge in [0.1, 0.15) is 23.7 Å². The second-order valence-electron chi connectivity index (χ2n) is 7.14. The SMILES string of the molecule is COc1ccc(N2C(c3ccccc3)=NOC23OCC(=O)N3c2c(C)noc2C)cc1. The smallest absolute Gasteiger partial charge is 0.422 e. The Morgan fingerprint density at radius 2 is 1.77 bits per heavy atom. The first-order chi connectivity index (χ1) is 15.0. The highest BCUT2D eigenvalue weighted by atomic mass is 16.8. The van der Waals surface area contributed by atoms with Gasteiger partial charge in [-0.15, -0.1) is 0 Å². The van der Waals surface area contributed by atoms with Gasteiger partial charge in [-0.05, 0) is 38.1 Å². The first kappa shape index (κ1) is 19.1. The number of ether oxygens (including phenoxy) is 2. The second kappa shape index (κ2) is 7.13. The summed E-state index contributed by atoms with van der Waals surface area (Å²) in [7, 11) is 1.60. The number of amides is 1. The first-order valence-corrected chi connectivity index (χ1v) is 9.71. The van der Waals surface area contributed by atoms with Gasteiger partial charge < -0.3 is 14.1 Å². The van der Waals surface area contributed by atoms with Crippen LogP contribution in [-0.4, -0.2) is 36.7 Å². The fourth-order valence-electron chi connectivity index (χ4n) is 3.84. The van der Waals surface area contributed by atoms with Crippen molar-refractivity contribution in [2.24, 2.45) is 5.16 Å². The van der Waals surface area contributed by atoms with Gasteiger partial charge in [-0.25, -0.2) is 9.80 Å². The Hall–Kier alpha value is -3.85. The minimum absolute atomic E-state index is 0.186. The molecule has 1 saturated heterocycles. The van der Waals surface area contributed by atoms with Crippen molar-refractivity contribution in [2.45, 2.75) is 19.9 Å². The molecular formula is C22H20N4O5. The van der Waals surface area contributed by atoms with Crippen LogP contribution in [0.2, 0.25) is 0 Å². The highest BCUT2D eigenvalue weighted by molar-refractivity contribution is 6.13. The van der Waals surface area contributed by atoms with E-state index in [-0.39, 0.29) is 12.5 Å². The summed E-state index contributed by atoms with van der Waals surface area (Å²) in [5.41, 5.74) is 2.54. The molecular weight excluding hydrogens is 400 g/mol. The van der Waals surface area contributed by atoms with Crippen LogP contribution in [0.5, 0.6) is 5.75 Å². The Labute approximate surface area is 178 Å². The van der Waals surface area contributed by atoms with Crippen LogP contribution in [0.25, 0.3) is 0 Å². The lowest BCUT2D eigenvalue weighted by Crippen LogP contribution is -2.60. The summed E-state index contributed by atoms with van der Waals surface area (Å²) in [5, 5.41) is 8.33. The van der Waals surface area contributed by atoms with Crippen molar-refractivity contribution in [2.75, 3.05) is 23.5 Å². The number of aryl methyl sites for hydroxylation is 2. The van der Waals surface area contributed by atoms with Crippen LogP contribution < -0.4 is 14.5 Å². The van der Waals surface area contributed by atoms with Gasteiger partial charge in [-0.3, -0.25) is 9.53 Å². The largest absolute Gasteiger partial charge is 0.497 e. The molecule has 9 nitrogen and oxygen atoms in total. The first-order valence-electron chi connectivity index (χ1n) is 9.71. The van der Waals surface area contributed by atoms with Crippen LogP contribution in [0.4, 0.5) is 11.4 Å². The summed E-state index contributed by atoms with van der Waals surface area (Å²) in [4.78, 5) is 22.1. The predicted molar refractivity (Wildman–Crippen MR) is 112 cm³/mol. The number of hydrogen-bond donors (Lipinski definition) is 0. The maximum Gasteiger partial charge on any atom is 0.422 e. The van der Waals surface area contributed by atoms with Crippen molar-refractivity contribution in [1.82, 2.24) is 5.16 Å². The standard InChI is InChI=1S/C22H20N4O5/c1-14-20(15(2)30-23-14)26-19(27)13-29-22(26)25(17-9-11-18(28-3)12-10-17)21(24-31-22)16-7-5-4-6-8-16/h4-12H,13H2,1-3H3. The minimum atomic E-state index is -1.65. The molecule has 0 radical (unpaired) electrons. The van der Waals surface area contributed by atoms with Crippen molar-refractivity contribution >= 4 is 23.1 Å². The Kier molecular flexibility index (Phi) is 4.40. The fraction of sp³-hybridized carbons (Fsp3) is 0.227. The Balaban J connectivity index is 1.68. The molecule has 2 aliphatic heterocycles. The number of benzene rings is 2. The summed E-state index contributed by atoms with van der Waals surface area (Å²) in [5.74, 6) is 1.37. The van der Waals surface area contributed by atoms with E-state index in [2.05, 4.69) is 10.3 Å². The third kappa shape index (κ3) is 2.85. The summed E-state index contributed by atoms with van der Waals surface area (Å²) >= 11 is 0. The van der Waals surface area contributed by atoms with Gasteiger partial charge >= 0.3 is 6.03 Å². The third-order valence-corrected chi connectivity index (χ3v) is 5.24. The average molecular weight is 420 g/mol. The molecule has 1 fully saturated rings. The maximum atomic E-state index is 13.0. The van der Waals surface area contributed by atoms with Crippen LogP contribution in [0.15, 0.2) is 64.3 Å².